The summed E-state index contributed by atoms with van der Waals surface area (Å²) in [7, 11) is 1.55. The molecule has 3 aromatic rings. The van der Waals surface area contributed by atoms with Gasteiger partial charge in [-0.05, 0) is 25.1 Å². The lowest BCUT2D eigenvalue weighted by Crippen LogP contribution is -2.48. The lowest BCUT2D eigenvalue weighted by atomic mass is 10.1. The summed E-state index contributed by atoms with van der Waals surface area (Å²) < 4.78 is 10.7. The summed E-state index contributed by atoms with van der Waals surface area (Å²) in [5, 5.41) is 4.60. The molecule has 0 radical (unpaired) electrons. The van der Waals surface area contributed by atoms with Crippen LogP contribution in [0.4, 0.5) is 0 Å². The monoisotopic (exact) mass is 426 g/mol. The second-order valence-corrected chi connectivity index (χ2v) is 7.73. The zero-order valence-electron chi connectivity index (χ0n) is 17.0. The summed E-state index contributed by atoms with van der Waals surface area (Å²) in [6.07, 6.45) is 0. The summed E-state index contributed by atoms with van der Waals surface area (Å²) in [6.45, 7) is 5.24. The van der Waals surface area contributed by atoms with E-state index in [1.165, 1.54) is 5.56 Å². The molecule has 156 valence electrons. The van der Waals surface area contributed by atoms with Gasteiger partial charge in [0.15, 0.2) is 0 Å². The van der Waals surface area contributed by atoms with E-state index in [0.29, 0.717) is 47.7 Å². The van der Waals surface area contributed by atoms with Gasteiger partial charge in [-0.3, -0.25) is 9.69 Å². The highest BCUT2D eigenvalue weighted by atomic mass is 35.5. The van der Waals surface area contributed by atoms with Gasteiger partial charge in [0.05, 0.1) is 19.2 Å². The van der Waals surface area contributed by atoms with Gasteiger partial charge < -0.3 is 14.2 Å². The fraction of sp³-hybridized carbons (Fsp3) is 0.318. The Morgan fingerprint density at radius 2 is 1.87 bits per heavy atom. The molecule has 1 aromatic heterocycles. The summed E-state index contributed by atoms with van der Waals surface area (Å²) in [5.74, 6) is 1.61. The van der Waals surface area contributed by atoms with E-state index < -0.39 is 0 Å². The number of carbonyl (C=O) groups excluding carboxylic acids is 1. The van der Waals surface area contributed by atoms with Crippen LogP contribution in [0, 0.1) is 6.92 Å². The number of methoxy groups -OCH3 is 1. The molecule has 1 saturated heterocycles. The van der Waals surface area contributed by atoms with E-state index >= 15 is 0 Å². The Kier molecular flexibility index (Phi) is 6.01. The van der Waals surface area contributed by atoms with Crippen molar-refractivity contribution < 1.29 is 14.1 Å². The average molecular weight is 427 g/mol. The van der Waals surface area contributed by atoms with Gasteiger partial charge in [0, 0.05) is 36.8 Å². The first-order valence-corrected chi connectivity index (χ1v) is 10.2. The molecular formula is C22H23ClN4O3. The fourth-order valence-corrected chi connectivity index (χ4v) is 3.63. The number of aromatic nitrogens is 2. The van der Waals surface area contributed by atoms with Crippen molar-refractivity contribution in [1.82, 2.24) is 19.9 Å². The van der Waals surface area contributed by atoms with Gasteiger partial charge in [-0.15, -0.1) is 0 Å². The van der Waals surface area contributed by atoms with Crippen LogP contribution in [-0.4, -0.2) is 59.1 Å². The number of hydrogen-bond donors (Lipinski definition) is 0. The minimum atomic E-state index is -0.0755. The first kappa shape index (κ1) is 20.4. The highest BCUT2D eigenvalue weighted by Crippen LogP contribution is 2.25. The third-order valence-electron chi connectivity index (χ3n) is 5.19. The number of halogens is 1. The van der Waals surface area contributed by atoms with Crippen LogP contribution < -0.4 is 4.74 Å². The molecule has 0 bridgehead atoms. The third kappa shape index (κ3) is 4.47. The van der Waals surface area contributed by atoms with Gasteiger partial charge in [-0.1, -0.05) is 46.6 Å². The lowest BCUT2D eigenvalue weighted by Gasteiger charge is -2.34. The van der Waals surface area contributed by atoms with Gasteiger partial charge in [0.1, 0.15) is 5.75 Å². The minimum absolute atomic E-state index is 0.0755. The van der Waals surface area contributed by atoms with Crippen molar-refractivity contribution >= 4 is 17.5 Å². The van der Waals surface area contributed by atoms with Crippen LogP contribution in [0.3, 0.4) is 0 Å². The molecule has 2 aromatic carbocycles. The number of aryl methyl sites for hydroxylation is 1. The van der Waals surface area contributed by atoms with E-state index in [1.54, 1.807) is 25.3 Å². The number of amides is 1. The van der Waals surface area contributed by atoms with Crippen LogP contribution in [-0.2, 0) is 6.54 Å². The Balaban J connectivity index is 1.36. The molecule has 7 nitrogen and oxygen atoms in total. The largest absolute Gasteiger partial charge is 0.496 e. The van der Waals surface area contributed by atoms with Crippen LogP contribution in [0.1, 0.15) is 21.8 Å². The summed E-state index contributed by atoms with van der Waals surface area (Å²) >= 11 is 6.07. The number of rotatable bonds is 5. The highest BCUT2D eigenvalue weighted by molar-refractivity contribution is 6.31. The second kappa shape index (κ2) is 8.85. The summed E-state index contributed by atoms with van der Waals surface area (Å²) in [5.41, 5.74) is 2.60. The quantitative estimate of drug-likeness (QED) is 0.620. The zero-order valence-corrected chi connectivity index (χ0v) is 17.7. The predicted molar refractivity (Wildman–Crippen MR) is 114 cm³/mol. The van der Waals surface area contributed by atoms with Crippen molar-refractivity contribution in [3.05, 3.63) is 64.5 Å². The van der Waals surface area contributed by atoms with Crippen molar-refractivity contribution in [2.24, 2.45) is 0 Å². The van der Waals surface area contributed by atoms with Gasteiger partial charge in [-0.2, -0.15) is 4.98 Å². The Morgan fingerprint density at radius 1 is 1.13 bits per heavy atom. The molecule has 1 aliphatic rings. The zero-order chi connectivity index (χ0) is 21.1. The maximum absolute atomic E-state index is 12.9. The first-order chi connectivity index (χ1) is 14.5. The Labute approximate surface area is 180 Å². The lowest BCUT2D eigenvalue weighted by molar-refractivity contribution is 0.0612. The molecular weight excluding hydrogens is 404 g/mol. The number of benzene rings is 2. The Hall–Kier alpha value is -2.90. The van der Waals surface area contributed by atoms with Crippen molar-refractivity contribution in [1.29, 1.82) is 0 Å². The third-order valence-corrected chi connectivity index (χ3v) is 5.42. The van der Waals surface area contributed by atoms with Crippen molar-refractivity contribution in [2.75, 3.05) is 33.3 Å². The molecule has 1 aliphatic heterocycles. The standard InChI is InChI=1S/C22H23ClN4O3/c1-15-3-5-16(6-4-15)21-24-20(30-25-21)14-26-9-11-27(12-10-26)22(28)18-13-17(23)7-8-19(18)29-2/h3-8,13H,9-12,14H2,1-2H3. The van der Waals surface area contributed by atoms with Crippen LogP contribution >= 0.6 is 11.6 Å². The van der Waals surface area contributed by atoms with Crippen LogP contribution in [0.15, 0.2) is 47.0 Å². The van der Waals surface area contributed by atoms with Gasteiger partial charge in [0.25, 0.3) is 5.91 Å². The molecule has 0 spiro atoms. The smallest absolute Gasteiger partial charge is 0.257 e. The van der Waals surface area contributed by atoms with Crippen LogP contribution in [0.2, 0.25) is 5.02 Å². The SMILES string of the molecule is COc1ccc(Cl)cc1C(=O)N1CCN(Cc2nc(-c3ccc(C)cc3)no2)CC1. The first-order valence-electron chi connectivity index (χ1n) is 9.78. The molecule has 1 fully saturated rings. The maximum atomic E-state index is 12.9. The van der Waals surface area contributed by atoms with E-state index in [0.717, 1.165) is 18.7 Å². The maximum Gasteiger partial charge on any atom is 0.257 e. The second-order valence-electron chi connectivity index (χ2n) is 7.29. The van der Waals surface area contributed by atoms with E-state index in [1.807, 2.05) is 36.1 Å². The molecule has 0 atom stereocenters. The summed E-state index contributed by atoms with van der Waals surface area (Å²) in [6, 6.07) is 13.1. The Morgan fingerprint density at radius 3 is 2.57 bits per heavy atom. The number of hydrogen-bond acceptors (Lipinski definition) is 6. The molecule has 30 heavy (non-hydrogen) atoms. The van der Waals surface area contributed by atoms with E-state index in [-0.39, 0.29) is 5.91 Å². The molecule has 0 aliphatic carbocycles. The summed E-state index contributed by atoms with van der Waals surface area (Å²) in [4.78, 5) is 21.4. The van der Waals surface area contributed by atoms with E-state index in [2.05, 4.69) is 15.0 Å². The van der Waals surface area contributed by atoms with E-state index in [9.17, 15) is 4.79 Å². The predicted octanol–water partition coefficient (Wildman–Crippen LogP) is 3.67. The van der Waals surface area contributed by atoms with Gasteiger partial charge >= 0.3 is 0 Å². The van der Waals surface area contributed by atoms with Crippen molar-refractivity contribution in [3.8, 4) is 17.1 Å². The van der Waals surface area contributed by atoms with Crippen molar-refractivity contribution in [2.45, 2.75) is 13.5 Å². The fourth-order valence-electron chi connectivity index (χ4n) is 3.46. The Bertz CT molecular complexity index is 1030. The van der Waals surface area contributed by atoms with Crippen LogP contribution in [0.5, 0.6) is 5.75 Å². The number of nitrogens with zero attached hydrogens (tertiary/aromatic N) is 4. The van der Waals surface area contributed by atoms with E-state index in [4.69, 9.17) is 20.9 Å². The molecule has 2 heterocycles. The van der Waals surface area contributed by atoms with Crippen LogP contribution in [0.25, 0.3) is 11.4 Å². The molecule has 1 amide bonds. The molecule has 0 unspecified atom stereocenters. The molecule has 0 N–H and O–H groups in total. The number of ether oxygens (including phenoxy) is 1. The molecule has 4 rings (SSSR count). The average Bonchev–Trinajstić information content (AvgIpc) is 3.22. The molecule has 0 saturated carbocycles. The van der Waals surface area contributed by atoms with Gasteiger partial charge in [0.2, 0.25) is 11.7 Å². The number of piperazine rings is 1. The molecule has 8 heteroatoms. The van der Waals surface area contributed by atoms with Gasteiger partial charge in [-0.25, -0.2) is 0 Å². The normalized spacial score (nSPS) is 14.7. The minimum Gasteiger partial charge on any atom is -0.496 e. The topological polar surface area (TPSA) is 71.7 Å². The van der Waals surface area contributed by atoms with Crippen molar-refractivity contribution in [3.63, 3.8) is 0 Å². The highest BCUT2D eigenvalue weighted by Gasteiger charge is 2.25. The number of carbonyl (C=O) groups is 1.